The molecule has 3 N–H and O–H groups in total. The molecule has 1 aromatic carbocycles. The summed E-state index contributed by atoms with van der Waals surface area (Å²) in [6, 6.07) is 2.72. The van der Waals surface area contributed by atoms with Gasteiger partial charge in [0, 0.05) is 15.6 Å². The highest BCUT2D eigenvalue weighted by Gasteiger charge is 2.23. The SMILES string of the molecule is CC(C)(N)c1c(Br)ccc(F)c1O. The van der Waals surface area contributed by atoms with Crippen LogP contribution in [-0.2, 0) is 5.54 Å². The number of nitrogens with two attached hydrogens (primary N) is 1. The van der Waals surface area contributed by atoms with Crippen LogP contribution in [0, 0.1) is 5.82 Å². The quantitative estimate of drug-likeness (QED) is 0.801. The molecule has 0 atom stereocenters. The van der Waals surface area contributed by atoms with Crippen molar-refractivity contribution >= 4 is 15.9 Å². The van der Waals surface area contributed by atoms with Gasteiger partial charge in [-0.25, -0.2) is 4.39 Å². The molecule has 0 aliphatic carbocycles. The van der Waals surface area contributed by atoms with E-state index in [9.17, 15) is 9.50 Å². The Morgan fingerprint density at radius 2 is 2.00 bits per heavy atom. The second-order valence-electron chi connectivity index (χ2n) is 3.47. The van der Waals surface area contributed by atoms with E-state index in [1.54, 1.807) is 13.8 Å². The molecular formula is C9H11BrFNO. The van der Waals surface area contributed by atoms with Crippen LogP contribution in [0.3, 0.4) is 0 Å². The van der Waals surface area contributed by atoms with Gasteiger partial charge in [0.15, 0.2) is 11.6 Å². The van der Waals surface area contributed by atoms with E-state index in [0.717, 1.165) is 0 Å². The number of aromatic hydroxyl groups is 1. The summed E-state index contributed by atoms with van der Waals surface area (Å²) in [6.45, 7) is 3.40. The van der Waals surface area contributed by atoms with Gasteiger partial charge >= 0.3 is 0 Å². The molecule has 0 aromatic heterocycles. The Labute approximate surface area is 84.7 Å². The minimum absolute atomic E-state index is 0.382. The van der Waals surface area contributed by atoms with E-state index < -0.39 is 11.4 Å². The molecule has 0 heterocycles. The van der Waals surface area contributed by atoms with E-state index in [2.05, 4.69) is 15.9 Å². The lowest BCUT2D eigenvalue weighted by Crippen LogP contribution is -2.29. The van der Waals surface area contributed by atoms with Gasteiger partial charge in [0.25, 0.3) is 0 Å². The fourth-order valence-corrected chi connectivity index (χ4v) is 1.98. The summed E-state index contributed by atoms with van der Waals surface area (Å²) in [6.07, 6.45) is 0. The highest BCUT2D eigenvalue weighted by Crippen LogP contribution is 2.35. The van der Waals surface area contributed by atoms with E-state index in [1.807, 2.05) is 0 Å². The van der Waals surface area contributed by atoms with E-state index in [-0.39, 0.29) is 5.75 Å². The van der Waals surface area contributed by atoms with Crippen LogP contribution in [0.25, 0.3) is 0 Å². The van der Waals surface area contributed by atoms with Crippen LogP contribution in [-0.4, -0.2) is 5.11 Å². The van der Waals surface area contributed by atoms with Crippen molar-refractivity contribution in [3.8, 4) is 5.75 Å². The number of halogens is 2. The maximum absolute atomic E-state index is 13.0. The molecule has 1 rings (SSSR count). The normalized spacial score (nSPS) is 11.8. The van der Waals surface area contributed by atoms with Crippen molar-refractivity contribution < 1.29 is 9.50 Å². The summed E-state index contributed by atoms with van der Waals surface area (Å²) in [5, 5.41) is 9.43. The van der Waals surface area contributed by atoms with Gasteiger partial charge in [-0.15, -0.1) is 0 Å². The molecule has 0 aliphatic rings. The first-order valence-corrected chi connectivity index (χ1v) is 4.59. The topological polar surface area (TPSA) is 46.2 Å². The van der Waals surface area contributed by atoms with Crippen molar-refractivity contribution in [3.05, 3.63) is 28.0 Å². The summed E-state index contributed by atoms with van der Waals surface area (Å²) in [5.41, 5.74) is 5.38. The van der Waals surface area contributed by atoms with E-state index in [0.29, 0.717) is 10.0 Å². The molecule has 0 spiro atoms. The molecule has 1 aromatic rings. The number of benzene rings is 1. The minimum Gasteiger partial charge on any atom is -0.505 e. The predicted octanol–water partition coefficient (Wildman–Crippen LogP) is 2.49. The molecule has 0 saturated carbocycles. The second-order valence-corrected chi connectivity index (χ2v) is 4.33. The molecule has 0 aliphatic heterocycles. The Hall–Kier alpha value is -0.610. The zero-order chi connectivity index (χ0) is 10.2. The minimum atomic E-state index is -0.773. The molecule has 2 nitrogen and oxygen atoms in total. The summed E-state index contributed by atoms with van der Waals surface area (Å²) in [4.78, 5) is 0. The molecule has 0 amide bonds. The number of rotatable bonds is 1. The predicted molar refractivity (Wildman–Crippen MR) is 53.0 cm³/mol. The van der Waals surface area contributed by atoms with Gasteiger partial charge in [-0.3, -0.25) is 0 Å². The highest BCUT2D eigenvalue weighted by molar-refractivity contribution is 9.10. The smallest absolute Gasteiger partial charge is 0.165 e. The lowest BCUT2D eigenvalue weighted by Gasteiger charge is -2.22. The zero-order valence-corrected chi connectivity index (χ0v) is 9.02. The molecule has 13 heavy (non-hydrogen) atoms. The number of hydrogen-bond acceptors (Lipinski definition) is 2. The number of hydrogen-bond donors (Lipinski definition) is 2. The highest BCUT2D eigenvalue weighted by atomic mass is 79.9. The van der Waals surface area contributed by atoms with E-state index >= 15 is 0 Å². The standard InChI is InChI=1S/C9H11BrFNO/c1-9(2,12)7-5(10)3-4-6(11)8(7)13/h3-4,13H,12H2,1-2H3. The molecule has 4 heteroatoms. The molecule has 72 valence electrons. The van der Waals surface area contributed by atoms with Gasteiger partial charge in [-0.2, -0.15) is 0 Å². The fraction of sp³-hybridized carbons (Fsp3) is 0.333. The largest absolute Gasteiger partial charge is 0.505 e. The average Bonchev–Trinajstić information content (AvgIpc) is 1.95. The van der Waals surface area contributed by atoms with Crippen molar-refractivity contribution in [2.45, 2.75) is 19.4 Å². The summed E-state index contributed by atoms with van der Waals surface area (Å²) >= 11 is 3.21. The van der Waals surface area contributed by atoms with Crippen molar-refractivity contribution in [1.29, 1.82) is 0 Å². The maximum atomic E-state index is 13.0. The van der Waals surface area contributed by atoms with Crippen LogP contribution in [0.5, 0.6) is 5.75 Å². The Kier molecular flexibility index (Phi) is 2.63. The third kappa shape index (κ3) is 2.00. The van der Waals surface area contributed by atoms with Crippen LogP contribution >= 0.6 is 15.9 Å². The Morgan fingerprint density at radius 1 is 1.46 bits per heavy atom. The third-order valence-corrected chi connectivity index (χ3v) is 2.38. The van der Waals surface area contributed by atoms with Crippen molar-refractivity contribution in [2.24, 2.45) is 5.73 Å². The first kappa shape index (κ1) is 10.5. The molecular weight excluding hydrogens is 237 g/mol. The van der Waals surface area contributed by atoms with Gasteiger partial charge in [0.2, 0.25) is 0 Å². The molecule has 0 unspecified atom stereocenters. The zero-order valence-electron chi connectivity index (χ0n) is 7.44. The average molecular weight is 248 g/mol. The Balaban J connectivity index is 3.43. The maximum Gasteiger partial charge on any atom is 0.165 e. The van der Waals surface area contributed by atoms with E-state index in [4.69, 9.17) is 5.73 Å². The second kappa shape index (κ2) is 3.27. The summed E-state index contributed by atoms with van der Waals surface area (Å²) in [5.74, 6) is -1.04. The first-order chi connectivity index (χ1) is 5.84. The molecule has 0 saturated heterocycles. The van der Waals surface area contributed by atoms with Gasteiger partial charge < -0.3 is 10.8 Å². The Morgan fingerprint density at radius 3 is 2.38 bits per heavy atom. The van der Waals surface area contributed by atoms with Crippen LogP contribution in [0.2, 0.25) is 0 Å². The van der Waals surface area contributed by atoms with Crippen molar-refractivity contribution in [3.63, 3.8) is 0 Å². The van der Waals surface area contributed by atoms with Crippen molar-refractivity contribution in [2.75, 3.05) is 0 Å². The third-order valence-electron chi connectivity index (χ3n) is 1.72. The monoisotopic (exact) mass is 247 g/mol. The van der Waals surface area contributed by atoms with Crippen LogP contribution < -0.4 is 5.73 Å². The van der Waals surface area contributed by atoms with Crippen molar-refractivity contribution in [1.82, 2.24) is 0 Å². The van der Waals surface area contributed by atoms with Crippen LogP contribution in [0.15, 0.2) is 16.6 Å². The molecule has 0 fully saturated rings. The fourth-order valence-electron chi connectivity index (χ4n) is 1.15. The van der Waals surface area contributed by atoms with Gasteiger partial charge in [-0.1, -0.05) is 15.9 Å². The molecule has 0 radical (unpaired) electrons. The lowest BCUT2D eigenvalue weighted by atomic mass is 9.94. The lowest BCUT2D eigenvalue weighted by molar-refractivity contribution is 0.404. The van der Waals surface area contributed by atoms with Crippen LogP contribution in [0.4, 0.5) is 4.39 Å². The first-order valence-electron chi connectivity index (χ1n) is 3.80. The van der Waals surface area contributed by atoms with Gasteiger partial charge in [0.1, 0.15) is 0 Å². The van der Waals surface area contributed by atoms with Gasteiger partial charge in [-0.05, 0) is 26.0 Å². The van der Waals surface area contributed by atoms with Crippen LogP contribution in [0.1, 0.15) is 19.4 Å². The van der Waals surface area contributed by atoms with Gasteiger partial charge in [0.05, 0.1) is 0 Å². The summed E-state index contributed by atoms with van der Waals surface area (Å²) in [7, 11) is 0. The Bertz CT molecular complexity index is 333. The number of phenols is 1. The summed E-state index contributed by atoms with van der Waals surface area (Å²) < 4.78 is 13.6. The number of phenolic OH excluding ortho intramolecular Hbond substituents is 1. The van der Waals surface area contributed by atoms with E-state index in [1.165, 1.54) is 12.1 Å². The molecule has 0 bridgehead atoms.